The fraction of sp³-hybridized carbons (Fsp3) is 0.562. The van der Waals surface area contributed by atoms with Gasteiger partial charge in [0.1, 0.15) is 5.75 Å². The number of anilines is 1. The van der Waals surface area contributed by atoms with Gasteiger partial charge in [-0.05, 0) is 50.5 Å². The van der Waals surface area contributed by atoms with Gasteiger partial charge in [-0.15, -0.1) is 12.4 Å². The van der Waals surface area contributed by atoms with E-state index < -0.39 is 0 Å². The van der Waals surface area contributed by atoms with Gasteiger partial charge in [0.25, 0.3) is 0 Å². The van der Waals surface area contributed by atoms with Gasteiger partial charge in [0.05, 0.1) is 19.3 Å². The van der Waals surface area contributed by atoms with E-state index in [9.17, 15) is 4.79 Å². The zero-order valence-corrected chi connectivity index (χ0v) is 14.0. The third kappa shape index (κ3) is 5.83. The van der Waals surface area contributed by atoms with Crippen LogP contribution in [0.4, 0.5) is 5.69 Å². The van der Waals surface area contributed by atoms with E-state index in [1.165, 1.54) is 0 Å². The standard InChI is InChI=1S/C16H24N2O3.ClH/c1-3-20-15-7-6-13(9-12(15)2)18-16(19)11-17-10-14-5-4-8-21-14;/h6-7,9,14,17H,3-5,8,10-11H2,1-2H3,(H,18,19);1H. The number of carbonyl (C=O) groups excluding carboxylic acids is 1. The fourth-order valence-electron chi connectivity index (χ4n) is 2.40. The number of rotatable bonds is 7. The molecule has 0 aromatic heterocycles. The van der Waals surface area contributed by atoms with Crippen LogP contribution in [0.2, 0.25) is 0 Å². The molecule has 1 amide bonds. The molecule has 1 unspecified atom stereocenters. The van der Waals surface area contributed by atoms with Crippen LogP contribution in [0.3, 0.4) is 0 Å². The number of hydrogen-bond acceptors (Lipinski definition) is 4. The first-order valence-electron chi connectivity index (χ1n) is 7.54. The molecule has 1 aliphatic rings. The summed E-state index contributed by atoms with van der Waals surface area (Å²) in [5.74, 6) is 0.809. The summed E-state index contributed by atoms with van der Waals surface area (Å²) in [5.41, 5.74) is 1.81. The van der Waals surface area contributed by atoms with Gasteiger partial charge in [-0.2, -0.15) is 0 Å². The molecule has 2 rings (SSSR count). The highest BCUT2D eigenvalue weighted by molar-refractivity contribution is 5.92. The van der Waals surface area contributed by atoms with E-state index in [1.54, 1.807) is 0 Å². The van der Waals surface area contributed by atoms with E-state index >= 15 is 0 Å². The van der Waals surface area contributed by atoms with Crippen LogP contribution < -0.4 is 15.4 Å². The Hall–Kier alpha value is -1.30. The Balaban J connectivity index is 0.00000242. The van der Waals surface area contributed by atoms with Crippen molar-refractivity contribution in [2.75, 3.05) is 31.6 Å². The minimum absolute atomic E-state index is 0. The second kappa shape index (κ2) is 9.66. The summed E-state index contributed by atoms with van der Waals surface area (Å²) >= 11 is 0. The lowest BCUT2D eigenvalue weighted by Gasteiger charge is -2.12. The van der Waals surface area contributed by atoms with Crippen LogP contribution in [-0.2, 0) is 9.53 Å². The summed E-state index contributed by atoms with van der Waals surface area (Å²) in [6, 6.07) is 5.66. The maximum Gasteiger partial charge on any atom is 0.238 e. The molecule has 0 saturated carbocycles. The molecule has 2 N–H and O–H groups in total. The molecule has 1 atom stereocenters. The van der Waals surface area contributed by atoms with E-state index in [2.05, 4.69) is 10.6 Å². The summed E-state index contributed by atoms with van der Waals surface area (Å²) < 4.78 is 11.0. The Morgan fingerprint density at radius 1 is 1.45 bits per heavy atom. The van der Waals surface area contributed by atoms with Gasteiger partial charge >= 0.3 is 0 Å². The van der Waals surface area contributed by atoms with Crippen molar-refractivity contribution in [3.05, 3.63) is 23.8 Å². The molecule has 6 heteroatoms. The molecule has 1 fully saturated rings. The highest BCUT2D eigenvalue weighted by Crippen LogP contribution is 2.21. The van der Waals surface area contributed by atoms with Crippen LogP contribution in [0.5, 0.6) is 5.75 Å². The molecule has 1 saturated heterocycles. The predicted molar refractivity (Wildman–Crippen MR) is 90.1 cm³/mol. The third-order valence-corrected chi connectivity index (χ3v) is 3.44. The number of benzene rings is 1. The molecule has 0 radical (unpaired) electrons. The largest absolute Gasteiger partial charge is 0.494 e. The highest BCUT2D eigenvalue weighted by atomic mass is 35.5. The summed E-state index contributed by atoms with van der Waals surface area (Å²) in [6.45, 7) is 6.43. The van der Waals surface area contributed by atoms with Crippen LogP contribution in [0, 0.1) is 6.92 Å². The van der Waals surface area contributed by atoms with Crippen molar-refractivity contribution < 1.29 is 14.3 Å². The number of halogens is 1. The van der Waals surface area contributed by atoms with Crippen LogP contribution in [0.25, 0.3) is 0 Å². The monoisotopic (exact) mass is 328 g/mol. The molecular formula is C16H25ClN2O3. The summed E-state index contributed by atoms with van der Waals surface area (Å²) in [5, 5.41) is 6.01. The van der Waals surface area contributed by atoms with Gasteiger partial charge in [0, 0.05) is 18.8 Å². The third-order valence-electron chi connectivity index (χ3n) is 3.44. The Kier molecular flexibility index (Phi) is 8.24. The zero-order valence-electron chi connectivity index (χ0n) is 13.2. The Morgan fingerprint density at radius 2 is 2.27 bits per heavy atom. The molecule has 22 heavy (non-hydrogen) atoms. The highest BCUT2D eigenvalue weighted by Gasteiger charge is 2.15. The molecule has 0 spiro atoms. The summed E-state index contributed by atoms with van der Waals surface area (Å²) in [6.07, 6.45) is 2.45. The zero-order chi connectivity index (χ0) is 15.1. The summed E-state index contributed by atoms with van der Waals surface area (Å²) in [4.78, 5) is 11.9. The number of aryl methyl sites for hydroxylation is 1. The van der Waals surface area contributed by atoms with E-state index in [0.717, 1.165) is 43.0 Å². The molecule has 1 aromatic carbocycles. The van der Waals surface area contributed by atoms with Crippen LogP contribution in [-0.4, -0.2) is 38.3 Å². The molecule has 1 aliphatic heterocycles. The van der Waals surface area contributed by atoms with Gasteiger partial charge < -0.3 is 20.1 Å². The van der Waals surface area contributed by atoms with Crippen molar-refractivity contribution in [2.45, 2.75) is 32.8 Å². The minimum atomic E-state index is -0.0449. The number of nitrogens with one attached hydrogen (secondary N) is 2. The number of hydrogen-bond donors (Lipinski definition) is 2. The first-order chi connectivity index (χ1) is 10.2. The van der Waals surface area contributed by atoms with Crippen molar-refractivity contribution in [1.82, 2.24) is 5.32 Å². The second-order valence-corrected chi connectivity index (χ2v) is 5.23. The van der Waals surface area contributed by atoms with Gasteiger partial charge in [-0.3, -0.25) is 4.79 Å². The Morgan fingerprint density at radius 3 is 2.91 bits per heavy atom. The molecular weight excluding hydrogens is 304 g/mol. The van der Waals surface area contributed by atoms with Gasteiger partial charge in [0.15, 0.2) is 0 Å². The van der Waals surface area contributed by atoms with Crippen molar-refractivity contribution in [3.8, 4) is 5.75 Å². The number of carbonyl (C=O) groups is 1. The molecule has 1 heterocycles. The van der Waals surface area contributed by atoms with Crippen molar-refractivity contribution in [2.24, 2.45) is 0 Å². The molecule has 0 bridgehead atoms. The predicted octanol–water partition coefficient (Wildman–Crippen LogP) is 2.52. The topological polar surface area (TPSA) is 59.6 Å². The van der Waals surface area contributed by atoms with Crippen LogP contribution >= 0.6 is 12.4 Å². The number of amides is 1. The lowest BCUT2D eigenvalue weighted by atomic mass is 10.2. The Labute approximate surface area is 138 Å². The maximum absolute atomic E-state index is 11.9. The minimum Gasteiger partial charge on any atom is -0.494 e. The first-order valence-corrected chi connectivity index (χ1v) is 7.54. The van der Waals surface area contributed by atoms with Crippen molar-refractivity contribution in [3.63, 3.8) is 0 Å². The average Bonchev–Trinajstić information content (AvgIpc) is 2.95. The first kappa shape index (κ1) is 18.7. The molecule has 124 valence electrons. The fourth-order valence-corrected chi connectivity index (χ4v) is 2.40. The van der Waals surface area contributed by atoms with E-state index in [4.69, 9.17) is 9.47 Å². The molecule has 1 aromatic rings. The quantitative estimate of drug-likeness (QED) is 0.807. The second-order valence-electron chi connectivity index (χ2n) is 5.23. The Bertz CT molecular complexity index is 476. The van der Waals surface area contributed by atoms with Gasteiger partial charge in [0.2, 0.25) is 5.91 Å². The van der Waals surface area contributed by atoms with Crippen molar-refractivity contribution >= 4 is 24.0 Å². The number of ether oxygens (including phenoxy) is 2. The lowest BCUT2D eigenvalue weighted by molar-refractivity contribution is -0.115. The SMILES string of the molecule is CCOc1ccc(NC(=O)CNCC2CCCO2)cc1C.Cl. The lowest BCUT2D eigenvalue weighted by Crippen LogP contribution is -2.33. The normalized spacial score (nSPS) is 16.9. The average molecular weight is 329 g/mol. The van der Waals surface area contributed by atoms with Gasteiger partial charge in [-0.1, -0.05) is 0 Å². The maximum atomic E-state index is 11.9. The smallest absolute Gasteiger partial charge is 0.238 e. The summed E-state index contributed by atoms with van der Waals surface area (Å²) in [7, 11) is 0. The van der Waals surface area contributed by atoms with Crippen molar-refractivity contribution in [1.29, 1.82) is 0 Å². The molecule has 5 nitrogen and oxygen atoms in total. The van der Waals surface area contributed by atoms with Crippen LogP contribution in [0.15, 0.2) is 18.2 Å². The van der Waals surface area contributed by atoms with Crippen LogP contribution in [0.1, 0.15) is 25.3 Å². The van der Waals surface area contributed by atoms with E-state index in [0.29, 0.717) is 13.2 Å². The van der Waals surface area contributed by atoms with E-state index in [-0.39, 0.29) is 24.4 Å². The van der Waals surface area contributed by atoms with E-state index in [1.807, 2.05) is 32.0 Å². The molecule has 0 aliphatic carbocycles. The van der Waals surface area contributed by atoms with Gasteiger partial charge in [-0.25, -0.2) is 0 Å².